The molecule has 1 aromatic rings. The van der Waals surface area contributed by atoms with Gasteiger partial charge in [0.2, 0.25) is 0 Å². The summed E-state index contributed by atoms with van der Waals surface area (Å²) < 4.78 is 4.92. The highest BCUT2D eigenvalue weighted by Gasteiger charge is 2.24. The molecule has 0 radical (unpaired) electrons. The Morgan fingerprint density at radius 1 is 1.56 bits per heavy atom. The second-order valence-corrected chi connectivity index (χ2v) is 3.57. The Kier molecular flexibility index (Phi) is 2.80. The third kappa shape index (κ3) is 1.86. The van der Waals surface area contributed by atoms with E-state index in [1.165, 1.54) is 6.08 Å². The Labute approximate surface area is 91.9 Å². The Morgan fingerprint density at radius 3 is 3.12 bits per heavy atom. The van der Waals surface area contributed by atoms with Gasteiger partial charge >= 0.3 is 6.09 Å². The SMILES string of the molecule is C=CCOC(=O)N1CCc2c([nH][nH]c2=O)C1. The molecule has 0 spiro atoms. The molecule has 86 valence electrons. The molecule has 1 aromatic heterocycles. The number of ether oxygens (including phenoxy) is 1. The number of nitrogens with one attached hydrogen (secondary N) is 2. The summed E-state index contributed by atoms with van der Waals surface area (Å²) in [5.41, 5.74) is 1.38. The maximum Gasteiger partial charge on any atom is 0.410 e. The Balaban J connectivity index is 2.05. The molecule has 2 rings (SSSR count). The van der Waals surface area contributed by atoms with Crippen LogP contribution in [0, 0.1) is 0 Å². The number of amides is 1. The average Bonchev–Trinajstić information content (AvgIpc) is 2.67. The number of aromatic amines is 2. The highest BCUT2D eigenvalue weighted by Crippen LogP contribution is 2.13. The fourth-order valence-corrected chi connectivity index (χ4v) is 1.71. The molecule has 2 heterocycles. The van der Waals surface area contributed by atoms with Gasteiger partial charge in [-0.2, -0.15) is 0 Å². The molecule has 0 aliphatic carbocycles. The minimum absolute atomic E-state index is 0.103. The number of nitrogens with zero attached hydrogens (tertiary/aromatic N) is 1. The van der Waals surface area contributed by atoms with E-state index in [9.17, 15) is 9.59 Å². The summed E-state index contributed by atoms with van der Waals surface area (Å²) in [6.07, 6.45) is 1.69. The summed E-state index contributed by atoms with van der Waals surface area (Å²) in [5.74, 6) is 0. The smallest absolute Gasteiger partial charge is 0.410 e. The lowest BCUT2D eigenvalue weighted by Crippen LogP contribution is -2.37. The van der Waals surface area contributed by atoms with Crippen LogP contribution in [0.15, 0.2) is 17.4 Å². The van der Waals surface area contributed by atoms with Gasteiger partial charge < -0.3 is 14.7 Å². The van der Waals surface area contributed by atoms with Crippen molar-refractivity contribution in [3.05, 3.63) is 34.3 Å². The summed E-state index contributed by atoms with van der Waals surface area (Å²) in [5, 5.41) is 5.27. The van der Waals surface area contributed by atoms with Crippen LogP contribution in [0.1, 0.15) is 11.3 Å². The molecule has 16 heavy (non-hydrogen) atoms. The lowest BCUT2D eigenvalue weighted by atomic mass is 10.1. The van der Waals surface area contributed by atoms with Gasteiger partial charge in [0, 0.05) is 12.1 Å². The van der Waals surface area contributed by atoms with Crippen molar-refractivity contribution in [2.45, 2.75) is 13.0 Å². The van der Waals surface area contributed by atoms with E-state index in [1.54, 1.807) is 4.90 Å². The number of aromatic nitrogens is 2. The van der Waals surface area contributed by atoms with Crippen LogP contribution in [0.4, 0.5) is 4.79 Å². The highest BCUT2D eigenvalue weighted by molar-refractivity contribution is 5.68. The molecule has 0 saturated carbocycles. The minimum atomic E-state index is -0.382. The minimum Gasteiger partial charge on any atom is -0.445 e. The Bertz CT molecular complexity index is 460. The molecule has 0 bridgehead atoms. The summed E-state index contributed by atoms with van der Waals surface area (Å²) in [6.45, 7) is 4.55. The molecule has 1 aliphatic heterocycles. The summed E-state index contributed by atoms with van der Waals surface area (Å²) in [6, 6.07) is 0. The molecule has 0 aromatic carbocycles. The lowest BCUT2D eigenvalue weighted by Gasteiger charge is -2.25. The second kappa shape index (κ2) is 4.26. The van der Waals surface area contributed by atoms with Crippen LogP contribution >= 0.6 is 0 Å². The summed E-state index contributed by atoms with van der Waals surface area (Å²) >= 11 is 0. The predicted octanol–water partition coefficient (Wildman–Crippen LogP) is 0.384. The van der Waals surface area contributed by atoms with Gasteiger partial charge in [0.05, 0.1) is 12.2 Å². The van der Waals surface area contributed by atoms with Crippen LogP contribution in [-0.2, 0) is 17.7 Å². The third-order valence-corrected chi connectivity index (χ3v) is 2.53. The van der Waals surface area contributed by atoms with Gasteiger partial charge in [-0.05, 0) is 6.42 Å². The van der Waals surface area contributed by atoms with Crippen molar-refractivity contribution in [3.63, 3.8) is 0 Å². The van der Waals surface area contributed by atoms with E-state index >= 15 is 0 Å². The van der Waals surface area contributed by atoms with Crippen molar-refractivity contribution in [3.8, 4) is 0 Å². The first-order valence-electron chi connectivity index (χ1n) is 5.03. The van der Waals surface area contributed by atoms with Crippen LogP contribution in [-0.4, -0.2) is 34.3 Å². The van der Waals surface area contributed by atoms with Gasteiger partial charge in [-0.25, -0.2) is 4.79 Å². The predicted molar refractivity (Wildman–Crippen MR) is 57.1 cm³/mol. The van der Waals surface area contributed by atoms with Crippen LogP contribution in [0.25, 0.3) is 0 Å². The van der Waals surface area contributed by atoms with E-state index in [0.717, 1.165) is 11.3 Å². The molecule has 1 aliphatic rings. The standard InChI is InChI=1S/C10H13N3O3/c1-2-5-16-10(15)13-4-3-7-8(6-13)11-12-9(7)14/h2H,1,3-6H2,(H2,11,12,14). The van der Waals surface area contributed by atoms with E-state index in [1.807, 2.05) is 0 Å². The molecule has 6 nitrogen and oxygen atoms in total. The Morgan fingerprint density at radius 2 is 2.38 bits per heavy atom. The lowest BCUT2D eigenvalue weighted by molar-refractivity contribution is 0.107. The van der Waals surface area contributed by atoms with Crippen LogP contribution in [0.2, 0.25) is 0 Å². The van der Waals surface area contributed by atoms with Crippen molar-refractivity contribution in [2.24, 2.45) is 0 Å². The fourth-order valence-electron chi connectivity index (χ4n) is 1.71. The first-order valence-corrected chi connectivity index (χ1v) is 5.03. The number of fused-ring (bicyclic) bond motifs is 1. The molecular formula is C10H13N3O3. The first-order chi connectivity index (χ1) is 7.72. The molecule has 0 saturated heterocycles. The van der Waals surface area contributed by atoms with Gasteiger partial charge in [-0.3, -0.25) is 9.89 Å². The first kappa shape index (κ1) is 10.5. The largest absolute Gasteiger partial charge is 0.445 e. The molecule has 0 unspecified atom stereocenters. The van der Waals surface area contributed by atoms with E-state index < -0.39 is 0 Å². The Hall–Kier alpha value is -1.98. The van der Waals surface area contributed by atoms with E-state index in [-0.39, 0.29) is 18.3 Å². The number of carbonyl (C=O) groups excluding carboxylic acids is 1. The van der Waals surface area contributed by atoms with Crippen LogP contribution < -0.4 is 5.56 Å². The molecule has 2 N–H and O–H groups in total. The number of hydrogen-bond donors (Lipinski definition) is 2. The second-order valence-electron chi connectivity index (χ2n) is 3.57. The van der Waals surface area contributed by atoms with E-state index in [2.05, 4.69) is 16.8 Å². The monoisotopic (exact) mass is 223 g/mol. The van der Waals surface area contributed by atoms with Crippen molar-refractivity contribution < 1.29 is 9.53 Å². The van der Waals surface area contributed by atoms with E-state index in [0.29, 0.717) is 19.5 Å². The zero-order valence-electron chi connectivity index (χ0n) is 8.78. The summed E-state index contributed by atoms with van der Waals surface area (Å²) in [7, 11) is 0. The van der Waals surface area contributed by atoms with Crippen molar-refractivity contribution in [2.75, 3.05) is 13.2 Å². The normalized spacial score (nSPS) is 14.4. The molecule has 0 atom stereocenters. The van der Waals surface area contributed by atoms with Crippen molar-refractivity contribution >= 4 is 6.09 Å². The van der Waals surface area contributed by atoms with Crippen molar-refractivity contribution in [1.82, 2.24) is 15.1 Å². The molecule has 6 heteroatoms. The molecule has 1 amide bonds. The quantitative estimate of drug-likeness (QED) is 0.711. The topological polar surface area (TPSA) is 78.2 Å². The van der Waals surface area contributed by atoms with Gasteiger partial charge in [0.15, 0.2) is 0 Å². The highest BCUT2D eigenvalue weighted by atomic mass is 16.6. The summed E-state index contributed by atoms with van der Waals surface area (Å²) in [4.78, 5) is 24.4. The van der Waals surface area contributed by atoms with Crippen LogP contribution in [0.5, 0.6) is 0 Å². The average molecular weight is 223 g/mol. The zero-order chi connectivity index (χ0) is 11.5. The number of rotatable bonds is 2. The maximum atomic E-state index is 11.5. The third-order valence-electron chi connectivity index (χ3n) is 2.53. The van der Waals surface area contributed by atoms with Gasteiger partial charge in [-0.1, -0.05) is 12.7 Å². The van der Waals surface area contributed by atoms with Gasteiger partial charge in [0.1, 0.15) is 6.61 Å². The van der Waals surface area contributed by atoms with Gasteiger partial charge in [-0.15, -0.1) is 0 Å². The fraction of sp³-hybridized carbons (Fsp3) is 0.400. The maximum absolute atomic E-state index is 11.5. The van der Waals surface area contributed by atoms with Crippen molar-refractivity contribution in [1.29, 1.82) is 0 Å². The molecule has 0 fully saturated rings. The zero-order valence-corrected chi connectivity index (χ0v) is 8.78. The van der Waals surface area contributed by atoms with E-state index in [4.69, 9.17) is 4.74 Å². The van der Waals surface area contributed by atoms with Gasteiger partial charge in [0.25, 0.3) is 5.56 Å². The number of carbonyl (C=O) groups is 1. The number of hydrogen-bond acceptors (Lipinski definition) is 3. The molecular weight excluding hydrogens is 210 g/mol. The number of H-pyrrole nitrogens is 2. The van der Waals surface area contributed by atoms with Crippen LogP contribution in [0.3, 0.4) is 0 Å².